The molecule has 0 amide bonds. The molecule has 0 fully saturated rings. The second-order valence-electron chi connectivity index (χ2n) is 3.34. The van der Waals surface area contributed by atoms with Gasteiger partial charge >= 0.3 is 0 Å². The third kappa shape index (κ3) is 2.66. The molecule has 0 spiro atoms. The van der Waals surface area contributed by atoms with E-state index in [9.17, 15) is 9.90 Å². The Labute approximate surface area is 77.0 Å². The van der Waals surface area contributed by atoms with Gasteiger partial charge in [0.15, 0.2) is 5.78 Å². The van der Waals surface area contributed by atoms with Gasteiger partial charge in [-0.2, -0.15) is 0 Å². The number of hydrogen-bond donors (Lipinski definition) is 2. The van der Waals surface area contributed by atoms with Gasteiger partial charge in [0.05, 0.1) is 12.0 Å². The van der Waals surface area contributed by atoms with Crippen LogP contribution in [0.2, 0.25) is 0 Å². The number of rotatable bonds is 4. The summed E-state index contributed by atoms with van der Waals surface area (Å²) in [5.41, 5.74) is 0.710. The van der Waals surface area contributed by atoms with E-state index in [4.69, 9.17) is 0 Å². The fourth-order valence-corrected chi connectivity index (χ4v) is 1.09. The molecule has 1 atom stereocenters. The minimum Gasteiger partial charge on any atom is -0.385 e. The number of carbonyl (C=O) groups is 1. The maximum Gasteiger partial charge on any atom is 0.164 e. The molecule has 0 saturated heterocycles. The average Bonchev–Trinajstić information content (AvgIpc) is 2.55. The molecule has 0 radical (unpaired) electrons. The standard InChI is InChI=1S/C9H14N2O2/c1-6(2)9(13)8(12)3-7-4-10-5-11-7/h4-6,8,12H,3H2,1-2H3,(H,10,11)/t8-/m0/s1. The van der Waals surface area contributed by atoms with E-state index in [0.717, 1.165) is 0 Å². The molecule has 0 saturated carbocycles. The summed E-state index contributed by atoms with van der Waals surface area (Å²) < 4.78 is 0. The quantitative estimate of drug-likeness (QED) is 0.714. The Morgan fingerprint density at radius 3 is 2.85 bits per heavy atom. The third-order valence-electron chi connectivity index (χ3n) is 1.85. The Balaban J connectivity index is 2.51. The fraction of sp³-hybridized carbons (Fsp3) is 0.556. The predicted octanol–water partition coefficient (Wildman–Crippen LogP) is 0.538. The van der Waals surface area contributed by atoms with Crippen molar-refractivity contribution in [2.24, 2.45) is 5.92 Å². The van der Waals surface area contributed by atoms with Gasteiger partial charge in [0, 0.05) is 18.5 Å². The summed E-state index contributed by atoms with van der Waals surface area (Å²) in [5.74, 6) is -0.267. The number of aromatic nitrogens is 2. The number of nitrogens with zero attached hydrogens (tertiary/aromatic N) is 1. The van der Waals surface area contributed by atoms with Crippen LogP contribution in [-0.4, -0.2) is 27.0 Å². The van der Waals surface area contributed by atoms with Crippen LogP contribution in [0, 0.1) is 5.92 Å². The van der Waals surface area contributed by atoms with Gasteiger partial charge in [0.1, 0.15) is 6.10 Å². The minimum atomic E-state index is -0.928. The summed E-state index contributed by atoms with van der Waals surface area (Å²) in [6.45, 7) is 3.55. The molecule has 1 aromatic heterocycles. The largest absolute Gasteiger partial charge is 0.385 e. The second kappa shape index (κ2) is 4.18. The van der Waals surface area contributed by atoms with E-state index in [1.54, 1.807) is 20.0 Å². The van der Waals surface area contributed by atoms with E-state index < -0.39 is 6.10 Å². The highest BCUT2D eigenvalue weighted by atomic mass is 16.3. The smallest absolute Gasteiger partial charge is 0.164 e. The van der Waals surface area contributed by atoms with Crippen LogP contribution in [0.5, 0.6) is 0 Å². The van der Waals surface area contributed by atoms with E-state index in [1.807, 2.05) is 0 Å². The topological polar surface area (TPSA) is 66.0 Å². The van der Waals surface area contributed by atoms with Crippen molar-refractivity contribution in [2.45, 2.75) is 26.4 Å². The van der Waals surface area contributed by atoms with Crippen molar-refractivity contribution < 1.29 is 9.90 Å². The lowest BCUT2D eigenvalue weighted by atomic mass is 10.0. The number of aliphatic hydroxyl groups is 1. The number of nitrogens with one attached hydrogen (secondary N) is 1. The van der Waals surface area contributed by atoms with Crippen molar-refractivity contribution in [2.75, 3.05) is 0 Å². The number of aromatic amines is 1. The van der Waals surface area contributed by atoms with Gasteiger partial charge in [-0.15, -0.1) is 0 Å². The Hall–Kier alpha value is -1.16. The molecular weight excluding hydrogens is 168 g/mol. The molecule has 0 aliphatic rings. The lowest BCUT2D eigenvalue weighted by Crippen LogP contribution is -2.27. The van der Waals surface area contributed by atoms with E-state index in [1.165, 1.54) is 6.33 Å². The first-order valence-electron chi connectivity index (χ1n) is 4.30. The molecule has 0 aliphatic carbocycles. The summed E-state index contributed by atoms with van der Waals surface area (Å²) in [6.07, 6.45) is 2.57. The molecular formula is C9H14N2O2. The van der Waals surface area contributed by atoms with Crippen molar-refractivity contribution in [3.63, 3.8) is 0 Å². The SMILES string of the molecule is CC(C)C(=O)[C@@H](O)Cc1c[nH]cn1. The lowest BCUT2D eigenvalue weighted by Gasteiger charge is -2.09. The molecule has 1 rings (SSSR count). The van der Waals surface area contributed by atoms with E-state index in [2.05, 4.69) is 9.97 Å². The first-order valence-corrected chi connectivity index (χ1v) is 4.30. The van der Waals surface area contributed by atoms with Gasteiger partial charge in [0.2, 0.25) is 0 Å². The zero-order valence-corrected chi connectivity index (χ0v) is 7.82. The van der Waals surface area contributed by atoms with E-state index >= 15 is 0 Å². The average molecular weight is 182 g/mol. The van der Waals surface area contributed by atoms with Crippen molar-refractivity contribution in [3.05, 3.63) is 18.2 Å². The molecule has 0 aromatic carbocycles. The van der Waals surface area contributed by atoms with Crippen molar-refractivity contribution in [3.8, 4) is 0 Å². The van der Waals surface area contributed by atoms with Gasteiger partial charge in [-0.3, -0.25) is 4.79 Å². The number of Topliss-reactive ketones (excluding diaryl/α,β-unsaturated/α-hetero) is 1. The van der Waals surface area contributed by atoms with Gasteiger partial charge in [-0.25, -0.2) is 4.98 Å². The summed E-state index contributed by atoms with van der Waals surface area (Å²) in [6, 6.07) is 0. The van der Waals surface area contributed by atoms with E-state index in [0.29, 0.717) is 12.1 Å². The lowest BCUT2D eigenvalue weighted by molar-refractivity contribution is -0.130. The van der Waals surface area contributed by atoms with Crippen LogP contribution >= 0.6 is 0 Å². The van der Waals surface area contributed by atoms with Gasteiger partial charge in [-0.1, -0.05) is 13.8 Å². The highest BCUT2D eigenvalue weighted by Crippen LogP contribution is 2.04. The number of H-pyrrole nitrogens is 1. The highest BCUT2D eigenvalue weighted by molar-refractivity contribution is 5.84. The molecule has 1 aromatic rings. The van der Waals surface area contributed by atoms with Crippen LogP contribution in [0.3, 0.4) is 0 Å². The summed E-state index contributed by atoms with van der Waals surface area (Å²) in [5, 5.41) is 9.46. The zero-order valence-electron chi connectivity index (χ0n) is 7.82. The van der Waals surface area contributed by atoms with E-state index in [-0.39, 0.29) is 11.7 Å². The van der Waals surface area contributed by atoms with Gasteiger partial charge in [-0.05, 0) is 0 Å². The molecule has 4 heteroatoms. The highest BCUT2D eigenvalue weighted by Gasteiger charge is 2.19. The first kappa shape index (κ1) is 9.92. The van der Waals surface area contributed by atoms with Gasteiger partial charge < -0.3 is 10.1 Å². The fourth-order valence-electron chi connectivity index (χ4n) is 1.09. The normalized spacial score (nSPS) is 13.2. The predicted molar refractivity (Wildman–Crippen MR) is 48.1 cm³/mol. The maximum atomic E-state index is 11.3. The molecule has 13 heavy (non-hydrogen) atoms. The number of ketones is 1. The molecule has 0 aliphatic heterocycles. The number of imidazole rings is 1. The van der Waals surface area contributed by atoms with Crippen molar-refractivity contribution in [1.82, 2.24) is 9.97 Å². The van der Waals surface area contributed by atoms with Gasteiger partial charge in [0.25, 0.3) is 0 Å². The number of hydrogen-bond acceptors (Lipinski definition) is 3. The third-order valence-corrected chi connectivity index (χ3v) is 1.85. The summed E-state index contributed by atoms with van der Waals surface area (Å²) >= 11 is 0. The second-order valence-corrected chi connectivity index (χ2v) is 3.34. The van der Waals surface area contributed by atoms with Crippen molar-refractivity contribution in [1.29, 1.82) is 0 Å². The first-order chi connectivity index (χ1) is 6.11. The van der Waals surface area contributed by atoms with Crippen LogP contribution in [0.1, 0.15) is 19.5 Å². The number of carbonyl (C=O) groups excluding carboxylic acids is 1. The molecule has 1 heterocycles. The molecule has 2 N–H and O–H groups in total. The van der Waals surface area contributed by atoms with Crippen LogP contribution in [0.25, 0.3) is 0 Å². The maximum absolute atomic E-state index is 11.3. The Morgan fingerprint density at radius 2 is 2.38 bits per heavy atom. The zero-order chi connectivity index (χ0) is 9.84. The molecule has 0 bridgehead atoms. The van der Waals surface area contributed by atoms with Crippen LogP contribution in [0.4, 0.5) is 0 Å². The minimum absolute atomic E-state index is 0.131. The van der Waals surface area contributed by atoms with Crippen LogP contribution in [-0.2, 0) is 11.2 Å². The Morgan fingerprint density at radius 1 is 1.69 bits per heavy atom. The summed E-state index contributed by atoms with van der Waals surface area (Å²) in [4.78, 5) is 18.0. The monoisotopic (exact) mass is 182 g/mol. The Kier molecular flexibility index (Phi) is 3.19. The molecule has 4 nitrogen and oxygen atoms in total. The molecule has 72 valence electrons. The van der Waals surface area contributed by atoms with Crippen molar-refractivity contribution >= 4 is 5.78 Å². The van der Waals surface area contributed by atoms with Crippen LogP contribution < -0.4 is 0 Å². The van der Waals surface area contributed by atoms with Crippen LogP contribution in [0.15, 0.2) is 12.5 Å². The Bertz CT molecular complexity index is 267. The molecule has 0 unspecified atom stereocenters. The number of aliphatic hydroxyl groups excluding tert-OH is 1. The summed E-state index contributed by atoms with van der Waals surface area (Å²) in [7, 11) is 0.